The van der Waals surface area contributed by atoms with Crippen LogP contribution in [0.5, 0.6) is 0 Å². The Bertz CT molecular complexity index is 168. The average molecular weight is 185 g/mol. The molecule has 0 heterocycles. The van der Waals surface area contributed by atoms with Crippen LogP contribution in [0.2, 0.25) is 0 Å². The molecule has 0 radical (unpaired) electrons. The quantitative estimate of drug-likeness (QED) is 0.485. The van der Waals surface area contributed by atoms with E-state index in [0.717, 1.165) is 19.4 Å². The average Bonchev–Trinajstić information content (AvgIpc) is 2.05. The van der Waals surface area contributed by atoms with Gasteiger partial charge in [0.25, 0.3) is 0 Å². The van der Waals surface area contributed by atoms with Crippen molar-refractivity contribution >= 4 is 5.97 Å². The highest BCUT2D eigenvalue weighted by atomic mass is 16.4. The predicted octanol–water partition coefficient (Wildman–Crippen LogP) is 1.75. The van der Waals surface area contributed by atoms with E-state index in [1.165, 1.54) is 0 Å². The van der Waals surface area contributed by atoms with Crippen molar-refractivity contribution in [1.29, 1.82) is 0 Å². The minimum atomic E-state index is -0.733. The fourth-order valence-corrected chi connectivity index (χ4v) is 1.32. The summed E-state index contributed by atoms with van der Waals surface area (Å²) in [6, 6.07) is -0.343. The zero-order valence-electron chi connectivity index (χ0n) is 8.49. The van der Waals surface area contributed by atoms with Gasteiger partial charge in [0.05, 0.1) is 0 Å². The Kier molecular flexibility index (Phi) is 6.24. The van der Waals surface area contributed by atoms with Crippen LogP contribution in [0.3, 0.4) is 0 Å². The normalized spacial score (nSPS) is 12.8. The fourth-order valence-electron chi connectivity index (χ4n) is 1.32. The number of carbonyl (C=O) groups is 1. The molecule has 1 unspecified atom stereocenters. The molecular formula is C10H19NO2. The third kappa shape index (κ3) is 4.68. The number of aliphatic carboxylic acids is 1. The Morgan fingerprint density at radius 3 is 2.69 bits per heavy atom. The van der Waals surface area contributed by atoms with E-state index in [-0.39, 0.29) is 6.04 Å². The van der Waals surface area contributed by atoms with Crippen molar-refractivity contribution < 1.29 is 9.90 Å². The van der Waals surface area contributed by atoms with Crippen LogP contribution >= 0.6 is 0 Å². The number of carboxylic acids is 1. The van der Waals surface area contributed by atoms with Gasteiger partial charge in [0.2, 0.25) is 0 Å². The lowest BCUT2D eigenvalue weighted by atomic mass is 10.2. The first-order valence-corrected chi connectivity index (χ1v) is 4.67. The molecule has 76 valence electrons. The lowest BCUT2D eigenvalue weighted by molar-refractivity contribution is -0.142. The van der Waals surface area contributed by atoms with Crippen LogP contribution in [0.1, 0.15) is 26.2 Å². The van der Waals surface area contributed by atoms with Crippen molar-refractivity contribution in [1.82, 2.24) is 4.90 Å². The van der Waals surface area contributed by atoms with E-state index in [0.29, 0.717) is 6.42 Å². The summed E-state index contributed by atoms with van der Waals surface area (Å²) in [6.45, 7) is 6.33. The molecule has 0 aromatic carbocycles. The van der Waals surface area contributed by atoms with Crippen LogP contribution in [-0.2, 0) is 4.79 Å². The lowest BCUT2D eigenvalue weighted by Gasteiger charge is -2.22. The SMILES string of the molecule is C=CCCCN(C)C(CC)C(=O)O. The molecule has 0 aromatic heterocycles. The van der Waals surface area contributed by atoms with Crippen molar-refractivity contribution in [2.24, 2.45) is 0 Å². The maximum Gasteiger partial charge on any atom is 0.320 e. The fraction of sp³-hybridized carbons (Fsp3) is 0.700. The summed E-state index contributed by atoms with van der Waals surface area (Å²) in [5, 5.41) is 8.84. The molecule has 0 bridgehead atoms. The van der Waals surface area contributed by atoms with Gasteiger partial charge in [0, 0.05) is 0 Å². The lowest BCUT2D eigenvalue weighted by Crippen LogP contribution is -2.38. The second-order valence-electron chi connectivity index (χ2n) is 3.17. The second-order valence-corrected chi connectivity index (χ2v) is 3.17. The van der Waals surface area contributed by atoms with Gasteiger partial charge in [-0.25, -0.2) is 0 Å². The number of carboxylic acid groups (broad SMARTS) is 1. The van der Waals surface area contributed by atoms with Gasteiger partial charge in [-0.05, 0) is 32.9 Å². The first-order valence-electron chi connectivity index (χ1n) is 4.67. The number of likely N-dealkylation sites (N-methyl/N-ethyl adjacent to an activating group) is 1. The van der Waals surface area contributed by atoms with Gasteiger partial charge in [0.1, 0.15) is 6.04 Å². The van der Waals surface area contributed by atoms with Crippen LogP contribution in [0.4, 0.5) is 0 Å². The molecule has 0 saturated heterocycles. The topological polar surface area (TPSA) is 40.5 Å². The van der Waals surface area contributed by atoms with E-state index in [9.17, 15) is 4.79 Å². The van der Waals surface area contributed by atoms with Gasteiger partial charge in [-0.1, -0.05) is 13.0 Å². The van der Waals surface area contributed by atoms with E-state index in [1.807, 2.05) is 24.9 Å². The van der Waals surface area contributed by atoms with Gasteiger partial charge in [-0.2, -0.15) is 0 Å². The molecule has 0 aliphatic carbocycles. The minimum absolute atomic E-state index is 0.343. The molecule has 3 heteroatoms. The molecule has 0 aliphatic heterocycles. The van der Waals surface area contributed by atoms with Gasteiger partial charge in [0.15, 0.2) is 0 Å². The second kappa shape index (κ2) is 6.66. The van der Waals surface area contributed by atoms with Crippen LogP contribution in [0.25, 0.3) is 0 Å². The summed E-state index contributed by atoms with van der Waals surface area (Å²) in [6.07, 6.45) is 4.43. The van der Waals surface area contributed by atoms with Crippen molar-refractivity contribution in [2.75, 3.05) is 13.6 Å². The van der Waals surface area contributed by atoms with Gasteiger partial charge in [-0.15, -0.1) is 6.58 Å². The van der Waals surface area contributed by atoms with Crippen LogP contribution in [0, 0.1) is 0 Å². The highest BCUT2D eigenvalue weighted by Crippen LogP contribution is 2.03. The van der Waals surface area contributed by atoms with E-state index >= 15 is 0 Å². The van der Waals surface area contributed by atoms with Gasteiger partial charge in [-0.3, -0.25) is 9.69 Å². The summed E-state index contributed by atoms with van der Waals surface area (Å²) in [5.41, 5.74) is 0. The first kappa shape index (κ1) is 12.2. The molecule has 13 heavy (non-hydrogen) atoms. The molecule has 1 N–H and O–H groups in total. The highest BCUT2D eigenvalue weighted by Gasteiger charge is 2.19. The third-order valence-corrected chi connectivity index (χ3v) is 2.12. The van der Waals surface area contributed by atoms with E-state index in [2.05, 4.69) is 6.58 Å². The predicted molar refractivity (Wildman–Crippen MR) is 53.8 cm³/mol. The molecule has 0 spiro atoms. The van der Waals surface area contributed by atoms with Crippen molar-refractivity contribution in [3.05, 3.63) is 12.7 Å². The summed E-state index contributed by atoms with van der Waals surface area (Å²) < 4.78 is 0. The number of hydrogen-bond donors (Lipinski definition) is 1. The van der Waals surface area contributed by atoms with Gasteiger partial charge < -0.3 is 5.11 Å². The summed E-state index contributed by atoms with van der Waals surface area (Å²) in [5.74, 6) is -0.733. The van der Waals surface area contributed by atoms with Crippen LogP contribution in [0.15, 0.2) is 12.7 Å². The number of unbranched alkanes of at least 4 members (excludes halogenated alkanes) is 1. The van der Waals surface area contributed by atoms with Crippen molar-refractivity contribution in [3.8, 4) is 0 Å². The smallest absolute Gasteiger partial charge is 0.320 e. The Morgan fingerprint density at radius 1 is 1.69 bits per heavy atom. The monoisotopic (exact) mass is 185 g/mol. The maximum absolute atomic E-state index is 10.7. The molecular weight excluding hydrogens is 166 g/mol. The van der Waals surface area contributed by atoms with E-state index < -0.39 is 5.97 Å². The standard InChI is InChI=1S/C10H19NO2/c1-4-6-7-8-11(3)9(5-2)10(12)13/h4,9H,1,5-8H2,2-3H3,(H,12,13). The summed E-state index contributed by atoms with van der Waals surface area (Å²) in [7, 11) is 1.85. The third-order valence-electron chi connectivity index (χ3n) is 2.12. The maximum atomic E-state index is 10.7. The number of hydrogen-bond acceptors (Lipinski definition) is 2. The Hall–Kier alpha value is -0.830. The molecule has 0 amide bonds. The summed E-state index contributed by atoms with van der Waals surface area (Å²) in [4.78, 5) is 12.6. The number of nitrogens with zero attached hydrogens (tertiary/aromatic N) is 1. The number of rotatable bonds is 7. The van der Waals surface area contributed by atoms with Gasteiger partial charge >= 0.3 is 5.97 Å². The Labute approximate surface area is 80.0 Å². The van der Waals surface area contributed by atoms with Crippen LogP contribution in [-0.4, -0.2) is 35.6 Å². The van der Waals surface area contributed by atoms with Crippen LogP contribution < -0.4 is 0 Å². The molecule has 0 saturated carbocycles. The molecule has 0 aliphatic rings. The summed E-state index contributed by atoms with van der Waals surface area (Å²) >= 11 is 0. The molecule has 3 nitrogen and oxygen atoms in total. The zero-order valence-corrected chi connectivity index (χ0v) is 8.49. The van der Waals surface area contributed by atoms with E-state index in [4.69, 9.17) is 5.11 Å². The Balaban J connectivity index is 3.83. The highest BCUT2D eigenvalue weighted by molar-refractivity contribution is 5.73. The van der Waals surface area contributed by atoms with Crippen molar-refractivity contribution in [2.45, 2.75) is 32.2 Å². The van der Waals surface area contributed by atoms with E-state index in [1.54, 1.807) is 0 Å². The van der Waals surface area contributed by atoms with Crippen molar-refractivity contribution in [3.63, 3.8) is 0 Å². The first-order chi connectivity index (χ1) is 6.13. The molecule has 1 atom stereocenters. The molecule has 0 aromatic rings. The molecule has 0 fully saturated rings. The number of allylic oxidation sites excluding steroid dienone is 1. The largest absolute Gasteiger partial charge is 0.480 e. The molecule has 0 rings (SSSR count). The minimum Gasteiger partial charge on any atom is -0.480 e. The zero-order chi connectivity index (χ0) is 10.3. The Morgan fingerprint density at radius 2 is 2.31 bits per heavy atom.